The molecule has 2 nitrogen and oxygen atoms in total. The number of hydrogen-bond donors (Lipinski definition) is 1. The fourth-order valence-corrected chi connectivity index (χ4v) is 2.25. The zero-order valence-corrected chi connectivity index (χ0v) is 8.97. The van der Waals surface area contributed by atoms with Gasteiger partial charge in [0.25, 0.3) is 0 Å². The monoisotopic (exact) mass is 183 g/mol. The predicted octanol–water partition coefficient (Wildman–Crippen LogP) is 2.34. The van der Waals surface area contributed by atoms with Gasteiger partial charge in [-0.05, 0) is 24.7 Å². The lowest BCUT2D eigenvalue weighted by atomic mass is 9.79. The minimum absolute atomic E-state index is 0.120. The van der Waals surface area contributed by atoms with Crippen LogP contribution in [-0.4, -0.2) is 11.9 Å². The van der Waals surface area contributed by atoms with E-state index in [1.165, 1.54) is 25.7 Å². The molecule has 1 aliphatic rings. The van der Waals surface area contributed by atoms with Gasteiger partial charge in [-0.1, -0.05) is 26.7 Å². The lowest BCUT2D eigenvalue weighted by Gasteiger charge is -2.31. The number of amides is 1. The molecule has 0 aliphatic heterocycles. The van der Waals surface area contributed by atoms with E-state index in [1.54, 1.807) is 6.92 Å². The van der Waals surface area contributed by atoms with Crippen LogP contribution in [0, 0.1) is 11.8 Å². The van der Waals surface area contributed by atoms with Crippen molar-refractivity contribution in [2.75, 3.05) is 0 Å². The quantitative estimate of drug-likeness (QED) is 0.699. The van der Waals surface area contributed by atoms with Crippen molar-refractivity contribution < 1.29 is 4.79 Å². The Balaban J connectivity index is 2.37. The Morgan fingerprint density at radius 2 is 2.08 bits per heavy atom. The zero-order valence-electron chi connectivity index (χ0n) is 8.97. The van der Waals surface area contributed by atoms with Gasteiger partial charge in [-0.15, -0.1) is 0 Å². The first kappa shape index (κ1) is 10.6. The van der Waals surface area contributed by atoms with Crippen LogP contribution in [0.25, 0.3) is 0 Å². The van der Waals surface area contributed by atoms with Crippen LogP contribution in [0.15, 0.2) is 0 Å². The van der Waals surface area contributed by atoms with Gasteiger partial charge >= 0.3 is 0 Å². The summed E-state index contributed by atoms with van der Waals surface area (Å²) in [6.45, 7) is 6.17. The molecule has 1 fully saturated rings. The second-order valence-corrected chi connectivity index (χ2v) is 4.57. The minimum Gasteiger partial charge on any atom is -0.354 e. The lowest BCUT2D eigenvalue weighted by molar-refractivity contribution is -0.120. The van der Waals surface area contributed by atoms with Gasteiger partial charge in [-0.3, -0.25) is 4.79 Å². The van der Waals surface area contributed by atoms with E-state index in [9.17, 15) is 4.79 Å². The summed E-state index contributed by atoms with van der Waals surface area (Å²) in [4.78, 5) is 10.9. The Morgan fingerprint density at radius 1 is 1.38 bits per heavy atom. The molecule has 1 aliphatic carbocycles. The summed E-state index contributed by atoms with van der Waals surface area (Å²) in [5.74, 6) is 1.69. The molecule has 1 amide bonds. The van der Waals surface area contributed by atoms with E-state index in [0.717, 1.165) is 11.8 Å². The fourth-order valence-electron chi connectivity index (χ4n) is 2.25. The Morgan fingerprint density at radius 3 is 2.62 bits per heavy atom. The second kappa shape index (κ2) is 4.64. The summed E-state index contributed by atoms with van der Waals surface area (Å²) in [5, 5.41) is 3.03. The molecule has 1 N–H and O–H groups in total. The van der Waals surface area contributed by atoms with Crippen molar-refractivity contribution in [3.63, 3.8) is 0 Å². The van der Waals surface area contributed by atoms with E-state index < -0.39 is 0 Å². The molecule has 0 bridgehead atoms. The van der Waals surface area contributed by atoms with Crippen molar-refractivity contribution in [1.29, 1.82) is 0 Å². The fraction of sp³-hybridized carbons (Fsp3) is 0.909. The maximum Gasteiger partial charge on any atom is 0.217 e. The van der Waals surface area contributed by atoms with Crippen molar-refractivity contribution in [3.05, 3.63) is 0 Å². The Labute approximate surface area is 81.1 Å². The summed E-state index contributed by atoms with van der Waals surface area (Å²) in [7, 11) is 0. The molecule has 0 spiro atoms. The normalized spacial score (nSPS) is 28.9. The molecule has 0 aromatic rings. The molecular formula is C11H21NO. The van der Waals surface area contributed by atoms with Crippen molar-refractivity contribution in [3.8, 4) is 0 Å². The minimum atomic E-state index is 0.120. The third-order valence-electron chi connectivity index (χ3n) is 3.06. The van der Waals surface area contributed by atoms with E-state index in [2.05, 4.69) is 19.2 Å². The van der Waals surface area contributed by atoms with Gasteiger partial charge in [0.05, 0.1) is 0 Å². The van der Waals surface area contributed by atoms with E-state index in [4.69, 9.17) is 0 Å². The smallest absolute Gasteiger partial charge is 0.217 e. The molecule has 2 atom stereocenters. The van der Waals surface area contributed by atoms with Gasteiger partial charge in [0.15, 0.2) is 0 Å². The van der Waals surface area contributed by atoms with Gasteiger partial charge in [-0.2, -0.15) is 0 Å². The van der Waals surface area contributed by atoms with Crippen molar-refractivity contribution in [2.24, 2.45) is 11.8 Å². The molecule has 1 unspecified atom stereocenters. The number of nitrogens with one attached hydrogen (secondary N) is 1. The van der Waals surface area contributed by atoms with Crippen LogP contribution >= 0.6 is 0 Å². The molecule has 0 saturated heterocycles. The van der Waals surface area contributed by atoms with Crippen LogP contribution in [0.5, 0.6) is 0 Å². The molecule has 0 aromatic heterocycles. The first-order valence-electron chi connectivity index (χ1n) is 5.36. The topological polar surface area (TPSA) is 29.1 Å². The average molecular weight is 183 g/mol. The third kappa shape index (κ3) is 3.37. The highest BCUT2D eigenvalue weighted by atomic mass is 16.1. The first-order valence-corrected chi connectivity index (χ1v) is 5.36. The molecule has 0 heterocycles. The molecule has 2 heteroatoms. The van der Waals surface area contributed by atoms with Crippen molar-refractivity contribution in [2.45, 2.75) is 52.5 Å². The third-order valence-corrected chi connectivity index (χ3v) is 3.06. The SMILES string of the molecule is CC(=O)N[C@@H]1CCCC(C(C)C)C1. The predicted molar refractivity (Wildman–Crippen MR) is 54.4 cm³/mol. The molecule has 76 valence electrons. The summed E-state index contributed by atoms with van der Waals surface area (Å²) < 4.78 is 0. The van der Waals surface area contributed by atoms with Gasteiger partial charge in [0, 0.05) is 13.0 Å². The molecule has 1 saturated carbocycles. The summed E-state index contributed by atoms with van der Waals surface area (Å²) in [5.41, 5.74) is 0. The van der Waals surface area contributed by atoms with E-state index in [0.29, 0.717) is 6.04 Å². The van der Waals surface area contributed by atoms with Gasteiger partial charge in [0.1, 0.15) is 0 Å². The largest absolute Gasteiger partial charge is 0.354 e. The first-order chi connectivity index (χ1) is 6.09. The standard InChI is InChI=1S/C11H21NO/c1-8(2)10-5-4-6-11(7-10)12-9(3)13/h8,10-11H,4-7H2,1-3H3,(H,12,13)/t10?,11-/m1/s1. The highest BCUT2D eigenvalue weighted by Gasteiger charge is 2.24. The molecule has 13 heavy (non-hydrogen) atoms. The van der Waals surface area contributed by atoms with Crippen LogP contribution in [0.2, 0.25) is 0 Å². The highest BCUT2D eigenvalue weighted by molar-refractivity contribution is 5.73. The zero-order chi connectivity index (χ0) is 9.84. The maximum atomic E-state index is 10.9. The van der Waals surface area contributed by atoms with E-state index in [-0.39, 0.29) is 5.91 Å². The van der Waals surface area contributed by atoms with Crippen LogP contribution in [0.1, 0.15) is 46.5 Å². The Hall–Kier alpha value is -0.530. The summed E-state index contributed by atoms with van der Waals surface area (Å²) >= 11 is 0. The van der Waals surface area contributed by atoms with Crippen molar-refractivity contribution >= 4 is 5.91 Å². The number of hydrogen-bond acceptors (Lipinski definition) is 1. The van der Waals surface area contributed by atoms with E-state index in [1.807, 2.05) is 0 Å². The van der Waals surface area contributed by atoms with Crippen molar-refractivity contribution in [1.82, 2.24) is 5.32 Å². The van der Waals surface area contributed by atoms with Gasteiger partial charge < -0.3 is 5.32 Å². The highest BCUT2D eigenvalue weighted by Crippen LogP contribution is 2.29. The average Bonchev–Trinajstić information content (AvgIpc) is 2.03. The maximum absolute atomic E-state index is 10.9. The van der Waals surface area contributed by atoms with Gasteiger partial charge in [-0.25, -0.2) is 0 Å². The summed E-state index contributed by atoms with van der Waals surface area (Å²) in [6.07, 6.45) is 4.96. The van der Waals surface area contributed by atoms with Crippen LogP contribution in [0.3, 0.4) is 0 Å². The lowest BCUT2D eigenvalue weighted by Crippen LogP contribution is -2.38. The summed E-state index contributed by atoms with van der Waals surface area (Å²) in [6, 6.07) is 0.443. The molecule has 1 rings (SSSR count). The molecule has 0 radical (unpaired) electrons. The Bertz CT molecular complexity index is 177. The van der Waals surface area contributed by atoms with Crippen LogP contribution in [-0.2, 0) is 4.79 Å². The molecular weight excluding hydrogens is 162 g/mol. The second-order valence-electron chi connectivity index (χ2n) is 4.57. The van der Waals surface area contributed by atoms with Crippen LogP contribution < -0.4 is 5.32 Å². The number of rotatable bonds is 2. The number of carbonyl (C=O) groups excluding carboxylic acids is 1. The number of carbonyl (C=O) groups is 1. The van der Waals surface area contributed by atoms with Gasteiger partial charge in [0.2, 0.25) is 5.91 Å². The molecule has 0 aromatic carbocycles. The Kier molecular flexibility index (Phi) is 3.76. The van der Waals surface area contributed by atoms with Crippen LogP contribution in [0.4, 0.5) is 0 Å². The van der Waals surface area contributed by atoms with E-state index >= 15 is 0 Å².